The van der Waals surface area contributed by atoms with Crippen LogP contribution in [0.1, 0.15) is 31.1 Å². The topological polar surface area (TPSA) is 56.9 Å². The number of hydrogen-bond donors (Lipinski definition) is 2. The van der Waals surface area contributed by atoms with Crippen molar-refractivity contribution in [3.63, 3.8) is 0 Å². The lowest BCUT2D eigenvalue weighted by molar-refractivity contribution is -0.922. The predicted octanol–water partition coefficient (Wildman–Crippen LogP) is 1.02. The van der Waals surface area contributed by atoms with Gasteiger partial charge < -0.3 is 24.3 Å². The molecule has 2 aliphatic heterocycles. The van der Waals surface area contributed by atoms with E-state index in [0.29, 0.717) is 25.7 Å². The molecule has 1 aromatic heterocycles. The van der Waals surface area contributed by atoms with Crippen LogP contribution < -0.4 is 19.7 Å². The first-order chi connectivity index (χ1) is 13.1. The number of nitrogens with zero attached hydrogens (tertiary/aromatic N) is 1. The van der Waals surface area contributed by atoms with Crippen molar-refractivity contribution in [1.82, 2.24) is 9.88 Å². The molecule has 6 heteroatoms. The normalized spacial score (nSPS) is 21.0. The van der Waals surface area contributed by atoms with Crippen molar-refractivity contribution in [3.8, 4) is 11.5 Å². The van der Waals surface area contributed by atoms with Crippen LogP contribution >= 0.6 is 0 Å². The lowest BCUT2D eigenvalue weighted by Gasteiger charge is -2.34. The van der Waals surface area contributed by atoms with Crippen LogP contribution in [0.25, 0.3) is 0 Å². The third-order valence-corrected chi connectivity index (χ3v) is 5.24. The number of nitrogens with one attached hydrogen (secondary N) is 2. The highest BCUT2D eigenvalue weighted by Crippen LogP contribution is 2.34. The number of fused-ring (bicyclic) bond motifs is 2. The zero-order valence-electron chi connectivity index (χ0n) is 16.0. The molecule has 2 aliphatic rings. The highest BCUT2D eigenvalue weighted by molar-refractivity contribution is 5.76. The summed E-state index contributed by atoms with van der Waals surface area (Å²) in [5.41, 5.74) is 2.40. The first-order valence-electron chi connectivity index (χ1n) is 9.77. The van der Waals surface area contributed by atoms with E-state index in [9.17, 15) is 4.79 Å². The molecule has 0 saturated carbocycles. The molecule has 27 heavy (non-hydrogen) atoms. The molecule has 0 spiro atoms. The second-order valence-corrected chi connectivity index (χ2v) is 7.75. The summed E-state index contributed by atoms with van der Waals surface area (Å²) < 4.78 is 13.7. The Morgan fingerprint density at radius 3 is 2.89 bits per heavy atom. The molecule has 0 aliphatic carbocycles. The van der Waals surface area contributed by atoms with Crippen LogP contribution in [0.4, 0.5) is 0 Å². The van der Waals surface area contributed by atoms with Gasteiger partial charge in [0.15, 0.2) is 24.1 Å². The molecule has 2 N–H and O–H groups in total. The number of amides is 1. The molecule has 0 saturated heterocycles. The summed E-state index contributed by atoms with van der Waals surface area (Å²) in [5, 5.41) is 3.06. The molecule has 0 radical (unpaired) electrons. The SMILES string of the molecule is CC(C)CNC(=O)C[NH+]1CCn2cccc2[C@@H]1c1ccc2c(c1)OCCO2. The fourth-order valence-electron chi connectivity index (χ4n) is 3.93. The second-order valence-electron chi connectivity index (χ2n) is 7.75. The summed E-state index contributed by atoms with van der Waals surface area (Å²) in [6.07, 6.45) is 2.12. The Labute approximate surface area is 160 Å². The van der Waals surface area contributed by atoms with Crippen molar-refractivity contribution in [2.75, 3.05) is 32.8 Å². The Morgan fingerprint density at radius 2 is 2.07 bits per heavy atom. The highest BCUT2D eigenvalue weighted by Gasteiger charge is 2.34. The van der Waals surface area contributed by atoms with Crippen LogP contribution in [0, 0.1) is 5.92 Å². The number of aromatic nitrogens is 1. The maximum absolute atomic E-state index is 12.5. The minimum Gasteiger partial charge on any atom is -0.486 e. The van der Waals surface area contributed by atoms with E-state index in [4.69, 9.17) is 9.47 Å². The molecular weight excluding hydrogens is 342 g/mol. The van der Waals surface area contributed by atoms with E-state index in [1.165, 1.54) is 10.6 Å². The average Bonchev–Trinajstić information content (AvgIpc) is 3.14. The smallest absolute Gasteiger partial charge is 0.275 e. The molecule has 2 atom stereocenters. The maximum Gasteiger partial charge on any atom is 0.275 e. The van der Waals surface area contributed by atoms with Gasteiger partial charge in [-0.2, -0.15) is 0 Å². The van der Waals surface area contributed by atoms with E-state index in [-0.39, 0.29) is 11.9 Å². The van der Waals surface area contributed by atoms with Gasteiger partial charge in [0, 0.05) is 18.3 Å². The van der Waals surface area contributed by atoms with E-state index in [1.54, 1.807) is 0 Å². The highest BCUT2D eigenvalue weighted by atomic mass is 16.6. The molecule has 4 rings (SSSR count). The summed E-state index contributed by atoms with van der Waals surface area (Å²) in [5.74, 6) is 2.16. The van der Waals surface area contributed by atoms with E-state index in [1.807, 2.05) is 6.07 Å². The number of hydrogen-bond acceptors (Lipinski definition) is 3. The van der Waals surface area contributed by atoms with E-state index >= 15 is 0 Å². The van der Waals surface area contributed by atoms with Crippen molar-refractivity contribution >= 4 is 5.91 Å². The summed E-state index contributed by atoms with van der Waals surface area (Å²) >= 11 is 0. The number of quaternary nitrogens is 1. The third kappa shape index (κ3) is 3.81. The lowest BCUT2D eigenvalue weighted by Crippen LogP contribution is -3.14. The molecule has 0 bridgehead atoms. The van der Waals surface area contributed by atoms with Gasteiger partial charge in [-0.1, -0.05) is 13.8 Å². The van der Waals surface area contributed by atoms with E-state index in [0.717, 1.165) is 36.7 Å². The Bertz CT molecular complexity index is 815. The first kappa shape index (κ1) is 17.9. The zero-order valence-corrected chi connectivity index (χ0v) is 16.0. The van der Waals surface area contributed by atoms with Crippen LogP contribution in [0.2, 0.25) is 0 Å². The monoisotopic (exact) mass is 370 g/mol. The van der Waals surface area contributed by atoms with Gasteiger partial charge in [-0.25, -0.2) is 0 Å². The van der Waals surface area contributed by atoms with Gasteiger partial charge >= 0.3 is 0 Å². The van der Waals surface area contributed by atoms with Crippen LogP contribution in [-0.4, -0.2) is 43.3 Å². The summed E-state index contributed by atoms with van der Waals surface area (Å²) in [7, 11) is 0. The minimum absolute atomic E-state index is 0.106. The maximum atomic E-state index is 12.5. The van der Waals surface area contributed by atoms with E-state index < -0.39 is 0 Å². The van der Waals surface area contributed by atoms with Crippen molar-refractivity contribution in [1.29, 1.82) is 0 Å². The third-order valence-electron chi connectivity index (χ3n) is 5.24. The second kappa shape index (κ2) is 7.64. The number of carbonyl (C=O) groups is 1. The van der Waals surface area contributed by atoms with Gasteiger partial charge in [0.1, 0.15) is 13.2 Å². The van der Waals surface area contributed by atoms with Crippen LogP contribution in [0.3, 0.4) is 0 Å². The Balaban J connectivity index is 1.61. The standard InChI is InChI=1S/C21H27N3O3/c1-15(2)13-22-20(25)14-24-9-8-23-7-3-4-17(23)21(24)16-5-6-18-19(12-16)27-11-10-26-18/h3-7,12,15,21H,8-11,13-14H2,1-2H3,(H,22,25)/p+1/t21-/m0/s1. The van der Waals surface area contributed by atoms with Gasteiger partial charge in [-0.3, -0.25) is 4.79 Å². The summed E-state index contributed by atoms with van der Waals surface area (Å²) in [4.78, 5) is 13.8. The number of ether oxygens (including phenoxy) is 2. The number of benzene rings is 1. The molecule has 2 aromatic rings. The van der Waals surface area contributed by atoms with E-state index in [2.05, 4.69) is 54.2 Å². The number of rotatable bonds is 5. The van der Waals surface area contributed by atoms with Gasteiger partial charge in [-0.15, -0.1) is 0 Å². The van der Waals surface area contributed by atoms with Crippen molar-refractivity contribution in [3.05, 3.63) is 47.8 Å². The van der Waals surface area contributed by atoms with Gasteiger partial charge in [-0.05, 0) is 36.2 Å². The van der Waals surface area contributed by atoms with Gasteiger partial charge in [0.25, 0.3) is 5.91 Å². The Morgan fingerprint density at radius 1 is 1.26 bits per heavy atom. The van der Waals surface area contributed by atoms with Crippen molar-refractivity contribution in [2.45, 2.75) is 26.4 Å². The number of carbonyl (C=O) groups excluding carboxylic acids is 1. The molecular formula is C21H28N3O3+. The molecule has 144 valence electrons. The zero-order chi connectivity index (χ0) is 18.8. The molecule has 6 nitrogen and oxygen atoms in total. The largest absolute Gasteiger partial charge is 0.486 e. The van der Waals surface area contributed by atoms with Crippen LogP contribution in [0.15, 0.2) is 36.5 Å². The fourth-order valence-corrected chi connectivity index (χ4v) is 3.93. The molecule has 3 heterocycles. The molecule has 0 fully saturated rings. The molecule has 1 unspecified atom stereocenters. The average molecular weight is 370 g/mol. The molecule has 1 aromatic carbocycles. The predicted molar refractivity (Wildman–Crippen MR) is 102 cm³/mol. The Hall–Kier alpha value is -2.47. The van der Waals surface area contributed by atoms with Crippen molar-refractivity contribution in [2.24, 2.45) is 5.92 Å². The summed E-state index contributed by atoms with van der Waals surface area (Å²) in [6.45, 7) is 8.41. The molecule has 1 amide bonds. The quantitative estimate of drug-likeness (QED) is 0.826. The Kier molecular flexibility index (Phi) is 5.07. The lowest BCUT2D eigenvalue weighted by atomic mass is 9.99. The van der Waals surface area contributed by atoms with Crippen LogP contribution in [0.5, 0.6) is 11.5 Å². The van der Waals surface area contributed by atoms with Crippen LogP contribution in [-0.2, 0) is 11.3 Å². The van der Waals surface area contributed by atoms with Gasteiger partial charge in [0.05, 0.1) is 18.8 Å². The van der Waals surface area contributed by atoms with Crippen molar-refractivity contribution < 1.29 is 19.2 Å². The first-order valence-corrected chi connectivity index (χ1v) is 9.77. The minimum atomic E-state index is 0.106. The van der Waals surface area contributed by atoms with Gasteiger partial charge in [0.2, 0.25) is 0 Å². The summed E-state index contributed by atoms with van der Waals surface area (Å²) in [6, 6.07) is 10.5. The fraction of sp³-hybridized carbons (Fsp3) is 0.476.